The molecule has 0 aliphatic heterocycles. The van der Waals surface area contributed by atoms with Crippen LogP contribution >= 0.6 is 0 Å². The first-order chi connectivity index (χ1) is 8.22. The predicted octanol–water partition coefficient (Wildman–Crippen LogP) is 2.21. The number of nitrogens with zero attached hydrogens (tertiary/aromatic N) is 3. The minimum atomic E-state index is 0.661. The second-order valence-corrected chi connectivity index (χ2v) is 3.91. The Morgan fingerprint density at radius 1 is 1.41 bits per heavy atom. The summed E-state index contributed by atoms with van der Waals surface area (Å²) in [5, 5.41) is 16.5. The molecule has 17 heavy (non-hydrogen) atoms. The zero-order valence-corrected chi connectivity index (χ0v) is 9.94. The number of anilines is 1. The van der Waals surface area contributed by atoms with Crippen molar-refractivity contribution in [2.75, 3.05) is 5.32 Å². The molecular formula is C13H14N4. The summed E-state index contributed by atoms with van der Waals surface area (Å²) in [6.45, 7) is 2.60. The lowest BCUT2D eigenvalue weighted by atomic mass is 10.1. The van der Waals surface area contributed by atoms with Gasteiger partial charge in [0.15, 0.2) is 0 Å². The molecule has 2 aromatic rings. The molecule has 0 atom stereocenters. The van der Waals surface area contributed by atoms with E-state index in [1.807, 2.05) is 42.9 Å². The van der Waals surface area contributed by atoms with Gasteiger partial charge in [-0.25, -0.2) is 0 Å². The third-order valence-electron chi connectivity index (χ3n) is 2.77. The Labute approximate surface area is 100 Å². The van der Waals surface area contributed by atoms with E-state index in [1.165, 1.54) is 0 Å². The second kappa shape index (κ2) is 4.71. The van der Waals surface area contributed by atoms with Crippen LogP contribution in [0.1, 0.15) is 16.8 Å². The molecule has 0 saturated carbocycles. The Morgan fingerprint density at radius 3 is 2.88 bits per heavy atom. The van der Waals surface area contributed by atoms with Gasteiger partial charge in [-0.2, -0.15) is 10.4 Å². The maximum atomic E-state index is 9.10. The van der Waals surface area contributed by atoms with Gasteiger partial charge in [0.1, 0.15) is 6.07 Å². The molecule has 1 heterocycles. The first kappa shape index (κ1) is 11.2. The Kier molecular flexibility index (Phi) is 3.10. The number of hydrogen-bond donors (Lipinski definition) is 1. The number of benzene rings is 1. The summed E-state index contributed by atoms with van der Waals surface area (Å²) in [7, 11) is 1.90. The Hall–Kier alpha value is -2.28. The van der Waals surface area contributed by atoms with E-state index in [2.05, 4.69) is 16.5 Å². The van der Waals surface area contributed by atoms with Gasteiger partial charge in [0.2, 0.25) is 0 Å². The number of rotatable bonds is 3. The summed E-state index contributed by atoms with van der Waals surface area (Å²) < 4.78 is 1.81. The summed E-state index contributed by atoms with van der Waals surface area (Å²) in [6.07, 6.45) is 1.76. The molecule has 0 amide bonds. The fourth-order valence-electron chi connectivity index (χ4n) is 1.72. The van der Waals surface area contributed by atoms with Crippen molar-refractivity contribution in [1.29, 1.82) is 5.26 Å². The minimum absolute atomic E-state index is 0.661. The quantitative estimate of drug-likeness (QED) is 0.873. The number of aryl methyl sites for hydroxylation is 2. The smallest absolute Gasteiger partial charge is 0.102 e. The van der Waals surface area contributed by atoms with E-state index in [9.17, 15) is 0 Å². The molecule has 0 bridgehead atoms. The van der Waals surface area contributed by atoms with E-state index in [-0.39, 0.29) is 0 Å². The highest BCUT2D eigenvalue weighted by molar-refractivity contribution is 5.60. The Bertz CT molecular complexity index is 563. The van der Waals surface area contributed by atoms with Gasteiger partial charge in [-0.3, -0.25) is 4.68 Å². The molecule has 4 heteroatoms. The van der Waals surface area contributed by atoms with Crippen molar-refractivity contribution in [3.8, 4) is 6.07 Å². The lowest BCUT2D eigenvalue weighted by Crippen LogP contribution is -2.06. The van der Waals surface area contributed by atoms with Crippen LogP contribution in [0.4, 0.5) is 5.69 Å². The van der Waals surface area contributed by atoms with Gasteiger partial charge >= 0.3 is 0 Å². The average Bonchev–Trinajstić information content (AvgIpc) is 2.72. The van der Waals surface area contributed by atoms with E-state index < -0.39 is 0 Å². The third-order valence-corrected chi connectivity index (χ3v) is 2.77. The maximum Gasteiger partial charge on any atom is 0.102 e. The van der Waals surface area contributed by atoms with Gasteiger partial charge in [-0.1, -0.05) is 12.1 Å². The SMILES string of the molecule is Cc1cccc(NCc2ccnn2C)c1C#N. The van der Waals surface area contributed by atoms with Crippen LogP contribution in [-0.2, 0) is 13.6 Å². The van der Waals surface area contributed by atoms with Gasteiger partial charge in [0, 0.05) is 13.2 Å². The van der Waals surface area contributed by atoms with Crippen LogP contribution in [-0.4, -0.2) is 9.78 Å². The van der Waals surface area contributed by atoms with E-state index in [4.69, 9.17) is 5.26 Å². The first-order valence-electron chi connectivity index (χ1n) is 5.43. The van der Waals surface area contributed by atoms with Crippen molar-refractivity contribution in [3.05, 3.63) is 47.3 Å². The number of nitriles is 1. The van der Waals surface area contributed by atoms with Crippen LogP contribution in [0.15, 0.2) is 30.5 Å². The summed E-state index contributed by atoms with van der Waals surface area (Å²) in [4.78, 5) is 0. The lowest BCUT2D eigenvalue weighted by Gasteiger charge is -2.09. The minimum Gasteiger partial charge on any atom is -0.378 e. The normalized spacial score (nSPS) is 9.94. The van der Waals surface area contributed by atoms with Crippen LogP contribution in [0.3, 0.4) is 0 Å². The first-order valence-corrected chi connectivity index (χ1v) is 5.43. The highest BCUT2D eigenvalue weighted by Crippen LogP contribution is 2.18. The average molecular weight is 226 g/mol. The van der Waals surface area contributed by atoms with Crippen LogP contribution in [0.2, 0.25) is 0 Å². The van der Waals surface area contributed by atoms with Crippen molar-refractivity contribution < 1.29 is 0 Å². The van der Waals surface area contributed by atoms with E-state index in [1.54, 1.807) is 6.20 Å². The van der Waals surface area contributed by atoms with E-state index in [0.29, 0.717) is 12.1 Å². The zero-order valence-electron chi connectivity index (χ0n) is 9.94. The summed E-state index contributed by atoms with van der Waals surface area (Å²) in [6, 6.07) is 9.98. The molecule has 0 saturated heterocycles. The Morgan fingerprint density at radius 2 is 2.24 bits per heavy atom. The molecule has 0 radical (unpaired) electrons. The Balaban J connectivity index is 2.18. The zero-order chi connectivity index (χ0) is 12.3. The molecule has 0 unspecified atom stereocenters. The van der Waals surface area contributed by atoms with Gasteiger partial charge < -0.3 is 5.32 Å². The summed E-state index contributed by atoms with van der Waals surface area (Å²) in [5.74, 6) is 0. The highest BCUT2D eigenvalue weighted by atomic mass is 15.3. The molecule has 4 nitrogen and oxygen atoms in total. The molecule has 86 valence electrons. The van der Waals surface area contributed by atoms with Crippen molar-refractivity contribution in [1.82, 2.24) is 9.78 Å². The van der Waals surface area contributed by atoms with Gasteiger partial charge in [0.25, 0.3) is 0 Å². The molecular weight excluding hydrogens is 212 g/mol. The molecule has 1 aromatic heterocycles. The van der Waals surface area contributed by atoms with Crippen LogP contribution in [0, 0.1) is 18.3 Å². The van der Waals surface area contributed by atoms with Crippen LogP contribution in [0.25, 0.3) is 0 Å². The van der Waals surface area contributed by atoms with Crippen molar-refractivity contribution in [3.63, 3.8) is 0 Å². The molecule has 1 N–H and O–H groups in total. The van der Waals surface area contributed by atoms with Gasteiger partial charge in [-0.05, 0) is 24.6 Å². The topological polar surface area (TPSA) is 53.6 Å². The lowest BCUT2D eigenvalue weighted by molar-refractivity contribution is 0.720. The maximum absolute atomic E-state index is 9.10. The summed E-state index contributed by atoms with van der Waals surface area (Å²) in [5.41, 5.74) is 3.64. The van der Waals surface area contributed by atoms with Gasteiger partial charge in [-0.15, -0.1) is 0 Å². The fraction of sp³-hybridized carbons (Fsp3) is 0.231. The summed E-state index contributed by atoms with van der Waals surface area (Å²) >= 11 is 0. The monoisotopic (exact) mass is 226 g/mol. The molecule has 0 fully saturated rings. The molecule has 2 rings (SSSR count). The third kappa shape index (κ3) is 2.28. The molecule has 0 aliphatic carbocycles. The van der Waals surface area contributed by atoms with E-state index in [0.717, 1.165) is 16.9 Å². The van der Waals surface area contributed by atoms with Crippen molar-refractivity contribution >= 4 is 5.69 Å². The molecule has 0 aliphatic rings. The predicted molar refractivity (Wildman–Crippen MR) is 66.4 cm³/mol. The highest BCUT2D eigenvalue weighted by Gasteiger charge is 2.05. The fourth-order valence-corrected chi connectivity index (χ4v) is 1.72. The van der Waals surface area contributed by atoms with Crippen molar-refractivity contribution in [2.24, 2.45) is 7.05 Å². The largest absolute Gasteiger partial charge is 0.378 e. The standard InChI is InChI=1S/C13H14N4/c1-10-4-3-5-13(12(10)8-14)15-9-11-6-7-16-17(11)2/h3-7,15H,9H2,1-2H3. The second-order valence-electron chi connectivity index (χ2n) is 3.91. The number of hydrogen-bond acceptors (Lipinski definition) is 3. The van der Waals surface area contributed by atoms with E-state index >= 15 is 0 Å². The van der Waals surface area contributed by atoms with Crippen LogP contribution < -0.4 is 5.32 Å². The molecule has 0 spiro atoms. The molecule has 1 aromatic carbocycles. The number of aromatic nitrogens is 2. The number of nitrogens with one attached hydrogen (secondary N) is 1. The van der Waals surface area contributed by atoms with Crippen LogP contribution in [0.5, 0.6) is 0 Å². The van der Waals surface area contributed by atoms with Gasteiger partial charge in [0.05, 0.1) is 23.5 Å². The van der Waals surface area contributed by atoms with Crippen molar-refractivity contribution in [2.45, 2.75) is 13.5 Å².